The monoisotopic (exact) mass is 1880 g/mol. The molecule has 8 aromatic rings. The quantitative estimate of drug-likeness (QED) is 0.0136. The number of fused-ring (bicyclic) bond motifs is 2. The molecule has 6 unspecified atom stereocenters. The van der Waals surface area contributed by atoms with Crippen molar-refractivity contribution in [2.24, 2.45) is 60.2 Å². The van der Waals surface area contributed by atoms with Gasteiger partial charge in [-0.15, -0.1) is 22.7 Å². The molecule has 3 aromatic carbocycles. The van der Waals surface area contributed by atoms with Gasteiger partial charge >= 0.3 is 35.8 Å². The van der Waals surface area contributed by atoms with Crippen LogP contribution in [0.15, 0.2) is 149 Å². The molecule has 1 saturated carbocycles. The molecule has 5 N–H and O–H groups in total. The number of carbonyl (C=O) groups excluding carboxylic acids is 6. The van der Waals surface area contributed by atoms with Crippen LogP contribution >= 0.6 is 45.9 Å². The molecule has 130 heavy (non-hydrogen) atoms. The largest absolute Gasteiger partial charge is 0.469 e. The number of hydrogen-bond donors (Lipinski definition) is 4. The van der Waals surface area contributed by atoms with Gasteiger partial charge in [0.2, 0.25) is 0 Å². The van der Waals surface area contributed by atoms with Gasteiger partial charge in [-0.1, -0.05) is 41.4 Å². The maximum atomic E-state index is 15.0. The van der Waals surface area contributed by atoms with Crippen molar-refractivity contribution in [2.75, 3.05) is 40.6 Å². The lowest BCUT2D eigenvalue weighted by atomic mass is 9.80. The number of halogens is 10. The van der Waals surface area contributed by atoms with Crippen molar-refractivity contribution in [3.8, 4) is 0 Å². The summed E-state index contributed by atoms with van der Waals surface area (Å²) in [7, 11) is 2.62. The fraction of sp³-hybridized carbons (Fsp3) is 0.418. The van der Waals surface area contributed by atoms with E-state index in [1.54, 1.807) is 74.9 Å². The van der Waals surface area contributed by atoms with Crippen molar-refractivity contribution in [3.63, 3.8) is 0 Å². The number of hydrogen-bond acceptors (Lipinski definition) is 27. The Morgan fingerprint density at radius 1 is 0.554 bits per heavy atom. The van der Waals surface area contributed by atoms with E-state index in [0.29, 0.717) is 140 Å². The summed E-state index contributed by atoms with van der Waals surface area (Å²) < 4.78 is 150. The Morgan fingerprint density at radius 3 is 1.43 bits per heavy atom. The Bertz CT molecular complexity index is 5960. The predicted octanol–water partition coefficient (Wildman–Crippen LogP) is 15.6. The maximum absolute atomic E-state index is 15.0. The molecule has 27 nitrogen and oxygen atoms in total. The fourth-order valence-electron chi connectivity index (χ4n) is 16.6. The molecule has 0 radical (unpaired) electrons. The molecule has 6 atom stereocenters. The normalized spacial score (nSPS) is 20.3. The second-order valence-corrected chi connectivity index (χ2v) is 35.5. The van der Waals surface area contributed by atoms with E-state index in [2.05, 4.69) is 51.0 Å². The first kappa shape index (κ1) is 95.7. The SMILES string of the molecule is CCOC(=O)C1=C(C2CCc3nn(CC(C)(C)C(=O)OCC)cc3C2)NC(c2ncc(F)cc2F)=NC1c1ccc(F)c(F)c1Cl.CCOC(=O)C1=C(C2CCc3nn(CC(C)(C)C(=O)OCC)cc3C2)NC(c2nccs2)=NC1c1ccc(F)c(F)c1C.COC(=O)C1=C(C2CCC(N)=C(C=NC3CC(C(=O)OC)C3)C2)NC(c2nccs2)=NC1c1ccc(F)c(F)c1Cl. The minimum absolute atomic E-state index is 0.000890. The van der Waals surface area contributed by atoms with Gasteiger partial charge in [-0.25, -0.2) is 64.5 Å². The molecule has 0 amide bonds. The van der Waals surface area contributed by atoms with E-state index in [1.165, 1.54) is 62.0 Å². The molecule has 15 rings (SSSR count). The van der Waals surface area contributed by atoms with E-state index in [1.807, 2.05) is 31.6 Å². The molecular weight excluding hydrogens is 1780 g/mol. The number of methoxy groups -OCH3 is 2. The third kappa shape index (κ3) is 20.8. The first-order valence-electron chi connectivity index (χ1n) is 42.1. The van der Waals surface area contributed by atoms with Crippen LogP contribution in [0.1, 0.15) is 179 Å². The summed E-state index contributed by atoms with van der Waals surface area (Å²) in [5.41, 5.74) is 11.9. The first-order valence-corrected chi connectivity index (χ1v) is 44.7. The zero-order valence-corrected chi connectivity index (χ0v) is 75.9. The zero-order valence-electron chi connectivity index (χ0n) is 72.8. The van der Waals surface area contributed by atoms with Gasteiger partial charge in [0, 0.05) is 99.5 Å². The van der Waals surface area contributed by atoms with E-state index < -0.39 is 109 Å². The van der Waals surface area contributed by atoms with Crippen LogP contribution in [-0.2, 0) is 96.0 Å². The minimum atomic E-state index is -1.35. The molecule has 0 saturated heterocycles. The number of pyridine rings is 1. The van der Waals surface area contributed by atoms with E-state index in [0.717, 1.165) is 52.5 Å². The van der Waals surface area contributed by atoms with Gasteiger partial charge in [0.05, 0.1) is 121 Å². The Hall–Kier alpha value is -11.8. The first-order chi connectivity index (χ1) is 62.1. The number of benzene rings is 3. The number of nitrogens with two attached hydrogens (primary N) is 1. The second-order valence-electron chi connectivity index (χ2n) is 33.0. The van der Waals surface area contributed by atoms with Crippen LogP contribution in [0.3, 0.4) is 0 Å². The molecule has 1 fully saturated rings. The van der Waals surface area contributed by atoms with Crippen molar-refractivity contribution in [1.29, 1.82) is 0 Å². The summed E-state index contributed by atoms with van der Waals surface area (Å²) in [5, 5.41) is 22.8. The van der Waals surface area contributed by atoms with Gasteiger partial charge in [0.15, 0.2) is 68.2 Å². The van der Waals surface area contributed by atoms with Crippen molar-refractivity contribution in [2.45, 2.75) is 170 Å². The van der Waals surface area contributed by atoms with Crippen molar-refractivity contribution >= 4 is 105 Å². The number of esters is 6. The lowest BCUT2D eigenvalue weighted by molar-refractivity contribution is -0.155. The van der Waals surface area contributed by atoms with Gasteiger partial charge in [-0.3, -0.25) is 43.7 Å². The molecule has 0 spiro atoms. The number of allylic oxidation sites excluding steroid dienone is 5. The van der Waals surface area contributed by atoms with Crippen LogP contribution in [0.5, 0.6) is 0 Å². The molecule has 4 aliphatic carbocycles. The Labute approximate surface area is 761 Å². The Morgan fingerprint density at radius 2 is 0.985 bits per heavy atom. The third-order valence-electron chi connectivity index (χ3n) is 23.3. The molecule has 5 aromatic heterocycles. The number of nitrogens with zero attached hydrogens (tertiary/aromatic N) is 11. The lowest BCUT2D eigenvalue weighted by Gasteiger charge is -2.34. The molecule has 0 bridgehead atoms. The predicted molar refractivity (Wildman–Crippen MR) is 468 cm³/mol. The van der Waals surface area contributed by atoms with Crippen molar-refractivity contribution in [1.82, 2.24) is 50.5 Å². The molecular formula is C91H95Cl2F8N15O12S2. The number of aliphatic imine (C=N–C) groups is 4. The lowest BCUT2D eigenvalue weighted by Crippen LogP contribution is -2.39. The van der Waals surface area contributed by atoms with Crippen LogP contribution < -0.4 is 21.7 Å². The van der Waals surface area contributed by atoms with Gasteiger partial charge in [-0.2, -0.15) is 10.2 Å². The van der Waals surface area contributed by atoms with E-state index in [4.69, 9.17) is 67.4 Å². The van der Waals surface area contributed by atoms with Crippen LogP contribution in [-0.4, -0.2) is 141 Å². The number of thiazole rings is 2. The van der Waals surface area contributed by atoms with Crippen molar-refractivity contribution < 1.29 is 92.3 Å². The fourth-order valence-corrected chi connectivity index (χ4v) is 18.3. The summed E-state index contributed by atoms with van der Waals surface area (Å²) in [6, 6.07) is 4.11. The third-order valence-corrected chi connectivity index (χ3v) is 25.6. The summed E-state index contributed by atoms with van der Waals surface area (Å²) in [6.45, 7) is 16.8. The van der Waals surface area contributed by atoms with Gasteiger partial charge in [0.25, 0.3) is 0 Å². The summed E-state index contributed by atoms with van der Waals surface area (Å²) >= 11 is 15.2. The highest BCUT2D eigenvalue weighted by atomic mass is 35.5. The number of carbonyl (C=O) groups is 6. The summed E-state index contributed by atoms with van der Waals surface area (Å²) in [5.74, 6) is -12.0. The van der Waals surface area contributed by atoms with E-state index in [9.17, 15) is 59.5 Å². The highest BCUT2D eigenvalue weighted by Crippen LogP contribution is 2.47. The highest BCUT2D eigenvalue weighted by molar-refractivity contribution is 7.12. The van der Waals surface area contributed by atoms with E-state index in [-0.39, 0.29) is 113 Å². The number of rotatable bonds is 25. The summed E-state index contributed by atoms with van der Waals surface area (Å²) in [6.07, 6.45) is 15.6. The Balaban J connectivity index is 0.000000166. The Kier molecular flexibility index (Phi) is 30.3. The number of aryl methyl sites for hydroxylation is 2. The molecule has 3 aliphatic heterocycles. The second kappa shape index (κ2) is 41.1. The maximum Gasteiger partial charge on any atom is 0.338 e. The number of amidine groups is 3. The van der Waals surface area contributed by atoms with Gasteiger partial charge in [0.1, 0.15) is 29.6 Å². The average Bonchev–Trinajstić information content (AvgIpc) is 1.20. The molecule has 688 valence electrons. The van der Waals surface area contributed by atoms with Crippen molar-refractivity contribution in [3.05, 3.63) is 246 Å². The van der Waals surface area contributed by atoms with Crippen LogP contribution in [0.4, 0.5) is 35.1 Å². The molecule has 39 heteroatoms. The standard InChI is InChI=1S/C32H32ClF4N5O4.C31H35F2N5O4S.C28H28ClF2N5O4S/c1-5-45-30(43)23-26(16-7-10-22-17(11-16)14-42(41-22)15-32(3,4)31(44)46-6-2)39-29(28-21(36)12-18(34)13-38-28)40-27(23)19-8-9-20(35)25(37)24(19)33;1-6-41-29(39)23-25(18-8-11-22-19(14-18)15-38(37-22)16-31(4,5)30(40)42-7-2)35-27(28-34-12-13-43-28)36-26(23)20-9-10-21(32)24(33)17(20)3;1-39-27(37)14-10-16(11-14)34-12-15-9-13(3-6-19(15)32)23-20(28(38)40-2)24(17-4-5-18(30)22(31)21(17)29)36-25(35-23)26-33-7-8-41-26/h8-9,12-14,16,27H,5-7,10-11,15H2,1-4H3,(H,39,40);9-10,12-13,15,18,26H,6-8,11,14,16H2,1-5H3,(H,35,36);4-5,7-8,12-14,16,24H,3,6,9-11,32H2,1-2H3,(H,35,36). The topological polar surface area (TPSA) is 344 Å². The zero-order chi connectivity index (χ0) is 93.5. The van der Waals surface area contributed by atoms with E-state index >= 15 is 4.39 Å². The number of aromatic nitrogens is 7. The van der Waals surface area contributed by atoms with Crippen LogP contribution in [0.2, 0.25) is 10.0 Å². The van der Waals surface area contributed by atoms with Gasteiger partial charge < -0.3 is 50.1 Å². The van der Waals surface area contributed by atoms with Gasteiger partial charge in [-0.05, 0) is 179 Å². The van der Waals surface area contributed by atoms with Crippen LogP contribution in [0, 0.1) is 88.0 Å². The number of ether oxygens (including phenoxy) is 6. The van der Waals surface area contributed by atoms with Crippen LogP contribution in [0.25, 0.3) is 0 Å². The molecule has 7 aliphatic rings. The minimum Gasteiger partial charge on any atom is -0.469 e. The summed E-state index contributed by atoms with van der Waals surface area (Å²) in [4.78, 5) is 108. The number of nitrogens with one attached hydrogen (secondary N) is 3. The highest BCUT2D eigenvalue weighted by Gasteiger charge is 2.45. The average molecular weight is 1880 g/mol. The smallest absolute Gasteiger partial charge is 0.338 e. The molecule has 8 heterocycles.